The Hall–Kier alpha value is -2.20. The number of nitrogens with one attached hydrogen (secondary N) is 1. The van der Waals surface area contributed by atoms with Gasteiger partial charge in [0.15, 0.2) is 5.96 Å². The number of hydrogen-bond donors (Lipinski definition) is 1. The van der Waals surface area contributed by atoms with Crippen molar-refractivity contribution >= 4 is 29.9 Å². The average Bonchev–Trinajstić information content (AvgIpc) is 2.82. The zero-order valence-corrected chi connectivity index (χ0v) is 21.8. The molecule has 8 heteroatoms. The molecule has 3 rings (SSSR count). The molecule has 7 nitrogen and oxygen atoms in total. The molecule has 1 N–H and O–H groups in total. The van der Waals surface area contributed by atoms with Crippen molar-refractivity contribution in [3.8, 4) is 17.2 Å². The fraction of sp³-hybridized carbons (Fsp3) is 0.458. The van der Waals surface area contributed by atoms with Gasteiger partial charge in [-0.2, -0.15) is 0 Å². The maximum absolute atomic E-state index is 5.53. The van der Waals surface area contributed by atoms with Crippen molar-refractivity contribution in [2.45, 2.75) is 13.0 Å². The summed E-state index contributed by atoms with van der Waals surface area (Å²) in [7, 11) is 6.95. The highest BCUT2D eigenvalue weighted by Gasteiger charge is 2.20. The first kappa shape index (κ1) is 26.1. The fourth-order valence-corrected chi connectivity index (χ4v) is 3.84. The van der Waals surface area contributed by atoms with Gasteiger partial charge in [-0.25, -0.2) is 0 Å². The number of guanidine groups is 1. The summed E-state index contributed by atoms with van der Waals surface area (Å²) in [5.41, 5.74) is 2.40. The van der Waals surface area contributed by atoms with E-state index in [1.54, 1.807) is 21.3 Å². The zero-order chi connectivity index (χ0) is 22.1. The van der Waals surface area contributed by atoms with Gasteiger partial charge in [0, 0.05) is 51.9 Å². The summed E-state index contributed by atoms with van der Waals surface area (Å²) in [6, 6.07) is 14.2. The molecule has 0 radical (unpaired) electrons. The molecule has 0 spiro atoms. The van der Waals surface area contributed by atoms with E-state index < -0.39 is 0 Å². The van der Waals surface area contributed by atoms with Crippen LogP contribution in [0.15, 0.2) is 47.5 Å². The van der Waals surface area contributed by atoms with Crippen molar-refractivity contribution < 1.29 is 14.2 Å². The largest absolute Gasteiger partial charge is 0.497 e. The number of piperazine rings is 1. The summed E-state index contributed by atoms with van der Waals surface area (Å²) in [4.78, 5) is 9.25. The van der Waals surface area contributed by atoms with Crippen LogP contribution in [0, 0.1) is 0 Å². The summed E-state index contributed by atoms with van der Waals surface area (Å²) in [6.45, 7) is 5.49. The quantitative estimate of drug-likeness (QED) is 0.307. The summed E-state index contributed by atoms with van der Waals surface area (Å²) in [5.74, 6) is 3.61. The van der Waals surface area contributed by atoms with Crippen molar-refractivity contribution in [3.05, 3.63) is 53.6 Å². The van der Waals surface area contributed by atoms with E-state index in [0.29, 0.717) is 0 Å². The van der Waals surface area contributed by atoms with Crippen LogP contribution in [0.5, 0.6) is 17.2 Å². The third-order valence-electron chi connectivity index (χ3n) is 5.60. The minimum atomic E-state index is 0. The topological polar surface area (TPSA) is 58.6 Å². The highest BCUT2D eigenvalue weighted by molar-refractivity contribution is 14.0. The number of ether oxygens (including phenoxy) is 3. The number of hydrogen-bond acceptors (Lipinski definition) is 5. The van der Waals surface area contributed by atoms with Crippen molar-refractivity contribution in [1.29, 1.82) is 0 Å². The van der Waals surface area contributed by atoms with E-state index >= 15 is 0 Å². The van der Waals surface area contributed by atoms with Gasteiger partial charge >= 0.3 is 0 Å². The van der Waals surface area contributed by atoms with Crippen LogP contribution >= 0.6 is 24.0 Å². The Balaban J connectivity index is 0.00000363. The number of aliphatic imine (C=N–C) groups is 1. The Morgan fingerprint density at radius 1 is 0.938 bits per heavy atom. The molecule has 32 heavy (non-hydrogen) atoms. The Morgan fingerprint density at radius 3 is 2.31 bits per heavy atom. The van der Waals surface area contributed by atoms with Gasteiger partial charge in [-0.1, -0.05) is 12.1 Å². The zero-order valence-electron chi connectivity index (χ0n) is 19.5. The van der Waals surface area contributed by atoms with Gasteiger partial charge in [0.2, 0.25) is 0 Å². The first-order valence-corrected chi connectivity index (χ1v) is 10.7. The highest BCUT2D eigenvalue weighted by atomic mass is 127. The Kier molecular flexibility index (Phi) is 10.9. The monoisotopic (exact) mass is 554 g/mol. The first-order valence-electron chi connectivity index (χ1n) is 10.7. The second kappa shape index (κ2) is 13.4. The third kappa shape index (κ3) is 7.16. The van der Waals surface area contributed by atoms with Crippen LogP contribution in [-0.4, -0.2) is 76.9 Å². The maximum atomic E-state index is 5.53. The van der Waals surface area contributed by atoms with E-state index in [1.807, 2.05) is 31.3 Å². The normalized spacial score (nSPS) is 14.5. The molecule has 0 aliphatic carbocycles. The van der Waals surface area contributed by atoms with Gasteiger partial charge in [0.1, 0.15) is 17.2 Å². The molecule has 1 aliphatic heterocycles. The summed E-state index contributed by atoms with van der Waals surface area (Å²) < 4.78 is 16.2. The highest BCUT2D eigenvalue weighted by Crippen LogP contribution is 2.25. The molecule has 1 saturated heterocycles. The van der Waals surface area contributed by atoms with Gasteiger partial charge in [-0.05, 0) is 42.3 Å². The predicted molar refractivity (Wildman–Crippen MR) is 140 cm³/mol. The molecule has 0 saturated carbocycles. The van der Waals surface area contributed by atoms with E-state index in [0.717, 1.165) is 74.5 Å². The van der Waals surface area contributed by atoms with Gasteiger partial charge in [0.25, 0.3) is 0 Å². The van der Waals surface area contributed by atoms with E-state index in [9.17, 15) is 0 Å². The predicted octanol–water partition coefficient (Wildman–Crippen LogP) is 3.27. The number of nitrogens with zero attached hydrogens (tertiary/aromatic N) is 3. The molecule has 0 bridgehead atoms. The molecule has 0 unspecified atom stereocenters. The summed E-state index contributed by atoms with van der Waals surface area (Å²) in [6.07, 6.45) is 0.922. The van der Waals surface area contributed by atoms with Gasteiger partial charge in [0.05, 0.1) is 21.3 Å². The molecule has 0 amide bonds. The maximum Gasteiger partial charge on any atom is 0.193 e. The van der Waals surface area contributed by atoms with Crippen LogP contribution in [-0.2, 0) is 13.0 Å². The van der Waals surface area contributed by atoms with Crippen molar-refractivity contribution in [2.75, 3.05) is 61.1 Å². The lowest BCUT2D eigenvalue weighted by molar-refractivity contribution is 0.171. The van der Waals surface area contributed by atoms with E-state index in [4.69, 9.17) is 14.2 Å². The van der Waals surface area contributed by atoms with Crippen LogP contribution in [0.3, 0.4) is 0 Å². The Bertz CT molecular complexity index is 870. The Labute approximate surface area is 208 Å². The van der Waals surface area contributed by atoms with Gasteiger partial charge in [-0.15, -0.1) is 24.0 Å². The number of rotatable bonds is 8. The Morgan fingerprint density at radius 2 is 1.66 bits per heavy atom. The molecule has 1 fully saturated rings. The second-order valence-corrected chi connectivity index (χ2v) is 7.52. The van der Waals surface area contributed by atoms with Crippen molar-refractivity contribution in [1.82, 2.24) is 15.1 Å². The van der Waals surface area contributed by atoms with E-state index in [1.165, 1.54) is 5.56 Å². The number of methoxy groups -OCH3 is 3. The SMILES string of the molecule is CN=C(NCCc1cccc(OC)c1)N1CCN(Cc2cc(OC)ccc2OC)CC1.I. The molecule has 2 aromatic carbocycles. The van der Waals surface area contributed by atoms with Crippen LogP contribution in [0.1, 0.15) is 11.1 Å². The molecular weight excluding hydrogens is 519 g/mol. The summed E-state index contributed by atoms with van der Waals surface area (Å²) in [5, 5.41) is 3.50. The average molecular weight is 554 g/mol. The second-order valence-electron chi connectivity index (χ2n) is 7.52. The van der Waals surface area contributed by atoms with Gasteiger partial charge < -0.3 is 24.4 Å². The standard InChI is InChI=1S/C24H34N4O3.HI/c1-25-24(26-11-10-19-6-5-7-21(16-19)29-2)28-14-12-27(13-15-28)18-20-17-22(30-3)8-9-23(20)31-4;/h5-9,16-17H,10-15,18H2,1-4H3,(H,25,26);1H. The molecule has 1 heterocycles. The van der Waals surface area contributed by atoms with Crippen LogP contribution in [0.4, 0.5) is 0 Å². The first-order chi connectivity index (χ1) is 15.2. The molecular formula is C24H35IN4O3. The van der Waals surface area contributed by atoms with Crippen molar-refractivity contribution in [2.24, 2.45) is 4.99 Å². The van der Waals surface area contributed by atoms with Crippen LogP contribution < -0.4 is 19.5 Å². The fourth-order valence-electron chi connectivity index (χ4n) is 3.84. The van der Waals surface area contributed by atoms with Crippen LogP contribution in [0.25, 0.3) is 0 Å². The molecule has 1 aliphatic rings. The van der Waals surface area contributed by atoms with Gasteiger partial charge in [-0.3, -0.25) is 9.89 Å². The molecule has 0 atom stereocenters. The smallest absolute Gasteiger partial charge is 0.193 e. The lowest BCUT2D eigenvalue weighted by atomic mass is 10.1. The minimum Gasteiger partial charge on any atom is -0.497 e. The molecule has 176 valence electrons. The molecule has 2 aromatic rings. The number of halogens is 1. The van der Waals surface area contributed by atoms with Crippen LogP contribution in [0.2, 0.25) is 0 Å². The van der Waals surface area contributed by atoms with E-state index in [-0.39, 0.29) is 24.0 Å². The number of benzene rings is 2. The van der Waals surface area contributed by atoms with E-state index in [2.05, 4.69) is 38.3 Å². The molecule has 0 aromatic heterocycles. The lowest BCUT2D eigenvalue weighted by Crippen LogP contribution is -2.52. The summed E-state index contributed by atoms with van der Waals surface area (Å²) >= 11 is 0. The minimum absolute atomic E-state index is 0. The third-order valence-corrected chi connectivity index (χ3v) is 5.60. The lowest BCUT2D eigenvalue weighted by Gasteiger charge is -2.36. The van der Waals surface area contributed by atoms with Crippen molar-refractivity contribution in [3.63, 3.8) is 0 Å².